The molecule has 0 spiro atoms. The third kappa shape index (κ3) is 2.49. The first-order valence-electron chi connectivity index (χ1n) is 4.89. The lowest BCUT2D eigenvalue weighted by molar-refractivity contribution is 0.0515. The minimum atomic E-state index is -0.442. The van der Waals surface area contributed by atoms with E-state index in [-0.39, 0.29) is 11.1 Å². The number of aromatic nitrogens is 2. The maximum atomic E-state index is 11.4. The number of nitrogens with zero attached hydrogens (tertiary/aromatic N) is 2. The molecule has 2 N–H and O–H groups in total. The molecule has 0 bridgehead atoms. The van der Waals surface area contributed by atoms with Crippen LogP contribution < -0.4 is 5.84 Å². The van der Waals surface area contributed by atoms with Gasteiger partial charge >= 0.3 is 5.97 Å². The fourth-order valence-electron chi connectivity index (χ4n) is 1.12. The van der Waals surface area contributed by atoms with Crippen LogP contribution in [-0.4, -0.2) is 22.5 Å². The predicted octanol–water partition coefficient (Wildman–Crippen LogP) is 1.07. The van der Waals surface area contributed by atoms with Crippen molar-refractivity contribution in [2.75, 3.05) is 12.4 Å². The average molecular weight is 211 g/mol. The molecular weight excluding hydrogens is 194 g/mol. The molecule has 5 heteroatoms. The summed E-state index contributed by atoms with van der Waals surface area (Å²) in [6.45, 7) is 8.09. The molecule has 0 saturated carbocycles. The Balaban J connectivity index is 3.02. The van der Waals surface area contributed by atoms with Crippen LogP contribution in [0.5, 0.6) is 0 Å². The van der Waals surface area contributed by atoms with Gasteiger partial charge in [0.2, 0.25) is 0 Å². The standard InChI is InChI=1S/C10H17N3O2/c1-5-15-9(14)7-6-8(10(2,3)4)12-13(7)11/h6H,5,11H2,1-4H3. The van der Waals surface area contributed by atoms with E-state index in [1.54, 1.807) is 13.0 Å². The molecule has 0 fully saturated rings. The molecule has 1 rings (SSSR count). The van der Waals surface area contributed by atoms with Crippen molar-refractivity contribution < 1.29 is 9.53 Å². The second kappa shape index (κ2) is 3.92. The molecule has 0 aliphatic rings. The summed E-state index contributed by atoms with van der Waals surface area (Å²) >= 11 is 0. The van der Waals surface area contributed by atoms with Crippen LogP contribution in [-0.2, 0) is 10.2 Å². The highest BCUT2D eigenvalue weighted by Crippen LogP contribution is 2.21. The number of nitrogens with two attached hydrogens (primary N) is 1. The topological polar surface area (TPSA) is 70.1 Å². The molecular formula is C10H17N3O2. The minimum Gasteiger partial charge on any atom is -0.461 e. The van der Waals surface area contributed by atoms with Crippen molar-refractivity contribution in [1.82, 2.24) is 9.89 Å². The number of hydrogen-bond donors (Lipinski definition) is 1. The number of carbonyl (C=O) groups is 1. The van der Waals surface area contributed by atoms with Crippen molar-refractivity contribution in [3.63, 3.8) is 0 Å². The third-order valence-corrected chi connectivity index (χ3v) is 1.99. The Kier molecular flexibility index (Phi) is 3.02. The Morgan fingerprint density at radius 2 is 2.20 bits per heavy atom. The molecule has 84 valence electrons. The second-order valence-corrected chi connectivity index (χ2v) is 4.33. The highest BCUT2D eigenvalue weighted by molar-refractivity contribution is 5.87. The van der Waals surface area contributed by atoms with Gasteiger partial charge in [-0.3, -0.25) is 0 Å². The Morgan fingerprint density at radius 3 is 2.60 bits per heavy atom. The predicted molar refractivity (Wildman–Crippen MR) is 57.0 cm³/mol. The Labute approximate surface area is 89.2 Å². The lowest BCUT2D eigenvalue weighted by Crippen LogP contribution is -2.20. The third-order valence-electron chi connectivity index (χ3n) is 1.99. The molecule has 1 aromatic rings. The van der Waals surface area contributed by atoms with Crippen LogP contribution in [0.15, 0.2) is 6.07 Å². The quantitative estimate of drug-likeness (QED) is 0.586. The Hall–Kier alpha value is -1.52. The summed E-state index contributed by atoms with van der Waals surface area (Å²) in [6.07, 6.45) is 0. The van der Waals surface area contributed by atoms with Crippen LogP contribution >= 0.6 is 0 Å². The average Bonchev–Trinajstić information content (AvgIpc) is 2.47. The Morgan fingerprint density at radius 1 is 1.60 bits per heavy atom. The SMILES string of the molecule is CCOC(=O)c1cc(C(C)(C)C)nn1N. The van der Waals surface area contributed by atoms with Crippen LogP contribution in [0, 0.1) is 0 Å². The molecule has 1 heterocycles. The normalized spacial score (nSPS) is 11.5. The first kappa shape index (κ1) is 11.6. The van der Waals surface area contributed by atoms with Gasteiger partial charge in [0.1, 0.15) is 0 Å². The van der Waals surface area contributed by atoms with Crippen molar-refractivity contribution in [2.45, 2.75) is 33.1 Å². The first-order valence-corrected chi connectivity index (χ1v) is 4.89. The number of esters is 1. The summed E-state index contributed by atoms with van der Waals surface area (Å²) in [7, 11) is 0. The summed E-state index contributed by atoms with van der Waals surface area (Å²) in [5.74, 6) is 5.13. The van der Waals surface area contributed by atoms with E-state index >= 15 is 0 Å². The van der Waals surface area contributed by atoms with Crippen LogP contribution in [0.3, 0.4) is 0 Å². The highest BCUT2D eigenvalue weighted by atomic mass is 16.5. The van der Waals surface area contributed by atoms with Crippen LogP contribution in [0.25, 0.3) is 0 Å². The molecule has 15 heavy (non-hydrogen) atoms. The zero-order chi connectivity index (χ0) is 11.6. The summed E-state index contributed by atoms with van der Waals surface area (Å²) in [5, 5.41) is 4.08. The van der Waals surface area contributed by atoms with Gasteiger partial charge in [-0.1, -0.05) is 20.8 Å². The van der Waals surface area contributed by atoms with Gasteiger partial charge in [-0.15, -0.1) is 0 Å². The van der Waals surface area contributed by atoms with Gasteiger partial charge in [-0.25, -0.2) is 4.79 Å². The highest BCUT2D eigenvalue weighted by Gasteiger charge is 2.22. The largest absolute Gasteiger partial charge is 0.461 e. The first-order chi connectivity index (χ1) is 6.86. The van der Waals surface area contributed by atoms with Crippen molar-refractivity contribution in [3.05, 3.63) is 17.5 Å². The Bertz CT molecular complexity index is 363. The van der Waals surface area contributed by atoms with E-state index in [0.29, 0.717) is 6.61 Å². The molecule has 0 amide bonds. The summed E-state index contributed by atoms with van der Waals surface area (Å²) in [5.41, 5.74) is 0.918. The number of ether oxygens (including phenoxy) is 1. The van der Waals surface area contributed by atoms with Crippen molar-refractivity contribution in [3.8, 4) is 0 Å². The van der Waals surface area contributed by atoms with Crippen molar-refractivity contribution in [1.29, 1.82) is 0 Å². The van der Waals surface area contributed by atoms with Gasteiger partial charge in [-0.2, -0.15) is 9.89 Å². The van der Waals surface area contributed by atoms with E-state index in [9.17, 15) is 4.79 Å². The molecule has 0 aliphatic carbocycles. The molecule has 1 aromatic heterocycles. The van der Waals surface area contributed by atoms with Crippen LogP contribution in [0.2, 0.25) is 0 Å². The van der Waals surface area contributed by atoms with Gasteiger partial charge in [0, 0.05) is 5.41 Å². The fraction of sp³-hybridized carbons (Fsp3) is 0.600. The molecule has 0 atom stereocenters. The molecule has 0 aliphatic heterocycles. The van der Waals surface area contributed by atoms with Crippen LogP contribution in [0.4, 0.5) is 0 Å². The van der Waals surface area contributed by atoms with Gasteiger partial charge < -0.3 is 10.6 Å². The maximum absolute atomic E-state index is 11.4. The van der Waals surface area contributed by atoms with E-state index in [1.807, 2.05) is 20.8 Å². The monoisotopic (exact) mass is 211 g/mol. The number of carbonyl (C=O) groups excluding carboxylic acids is 1. The molecule has 0 aromatic carbocycles. The molecule has 0 saturated heterocycles. The lowest BCUT2D eigenvalue weighted by atomic mass is 9.92. The van der Waals surface area contributed by atoms with E-state index < -0.39 is 5.97 Å². The van der Waals surface area contributed by atoms with E-state index in [4.69, 9.17) is 10.6 Å². The number of rotatable bonds is 2. The zero-order valence-electron chi connectivity index (χ0n) is 9.57. The minimum absolute atomic E-state index is 0.133. The van der Waals surface area contributed by atoms with Gasteiger partial charge in [0.15, 0.2) is 5.69 Å². The second-order valence-electron chi connectivity index (χ2n) is 4.33. The smallest absolute Gasteiger partial charge is 0.358 e. The number of nitrogen functional groups attached to an aromatic ring is 1. The van der Waals surface area contributed by atoms with Crippen molar-refractivity contribution in [2.24, 2.45) is 0 Å². The van der Waals surface area contributed by atoms with Gasteiger partial charge in [0.05, 0.1) is 12.3 Å². The summed E-state index contributed by atoms with van der Waals surface area (Å²) in [6, 6.07) is 1.66. The molecule has 0 radical (unpaired) electrons. The van der Waals surface area contributed by atoms with E-state index in [0.717, 1.165) is 10.5 Å². The summed E-state index contributed by atoms with van der Waals surface area (Å²) < 4.78 is 4.85. The fourth-order valence-corrected chi connectivity index (χ4v) is 1.12. The lowest BCUT2D eigenvalue weighted by Gasteiger charge is -2.13. The van der Waals surface area contributed by atoms with E-state index in [2.05, 4.69) is 5.10 Å². The van der Waals surface area contributed by atoms with Gasteiger partial charge in [-0.05, 0) is 13.0 Å². The summed E-state index contributed by atoms with van der Waals surface area (Å²) in [4.78, 5) is 12.5. The molecule has 0 unspecified atom stereocenters. The van der Waals surface area contributed by atoms with Crippen molar-refractivity contribution >= 4 is 5.97 Å². The molecule has 5 nitrogen and oxygen atoms in total. The number of hydrogen-bond acceptors (Lipinski definition) is 4. The zero-order valence-corrected chi connectivity index (χ0v) is 9.57. The van der Waals surface area contributed by atoms with E-state index in [1.165, 1.54) is 0 Å². The van der Waals surface area contributed by atoms with Gasteiger partial charge in [0.25, 0.3) is 0 Å². The van der Waals surface area contributed by atoms with Crippen LogP contribution in [0.1, 0.15) is 43.9 Å². The maximum Gasteiger partial charge on any atom is 0.358 e.